The lowest BCUT2D eigenvalue weighted by atomic mass is 10.0. The zero-order chi connectivity index (χ0) is 15.2. The highest BCUT2D eigenvalue weighted by Crippen LogP contribution is 2.14. The molecule has 0 radical (unpaired) electrons. The number of carbonyl (C=O) groups is 2. The molecule has 1 aliphatic rings. The van der Waals surface area contributed by atoms with Crippen LogP contribution in [0.5, 0.6) is 0 Å². The maximum Gasteiger partial charge on any atom is 0.328 e. The fraction of sp³-hybridized carbons (Fsp3) is 0.467. The van der Waals surface area contributed by atoms with Crippen molar-refractivity contribution in [1.82, 2.24) is 5.32 Å². The molecular weight excluding hydrogens is 385 g/mol. The van der Waals surface area contributed by atoms with Crippen molar-refractivity contribution in [3.05, 3.63) is 33.4 Å². The molecule has 5 nitrogen and oxygen atoms in total. The van der Waals surface area contributed by atoms with E-state index in [1.807, 2.05) is 24.3 Å². The Bertz CT molecular complexity index is 514. The van der Waals surface area contributed by atoms with E-state index in [0.717, 1.165) is 9.13 Å². The number of hydrogen-bond acceptors (Lipinski definition) is 4. The highest BCUT2D eigenvalue weighted by atomic mass is 127. The van der Waals surface area contributed by atoms with E-state index in [-0.39, 0.29) is 11.8 Å². The average Bonchev–Trinajstić information content (AvgIpc) is 3.00. The van der Waals surface area contributed by atoms with Crippen molar-refractivity contribution in [3.63, 3.8) is 0 Å². The molecule has 114 valence electrons. The summed E-state index contributed by atoms with van der Waals surface area (Å²) in [5.41, 5.74) is 0.986. The van der Waals surface area contributed by atoms with Crippen molar-refractivity contribution in [1.29, 1.82) is 0 Å². The lowest BCUT2D eigenvalue weighted by Gasteiger charge is -2.18. The summed E-state index contributed by atoms with van der Waals surface area (Å²) in [4.78, 5) is 24.0. The Morgan fingerprint density at radius 1 is 1.52 bits per heavy atom. The van der Waals surface area contributed by atoms with Crippen molar-refractivity contribution < 1.29 is 19.1 Å². The van der Waals surface area contributed by atoms with Crippen LogP contribution in [0.15, 0.2) is 24.3 Å². The van der Waals surface area contributed by atoms with Gasteiger partial charge in [-0.25, -0.2) is 4.79 Å². The smallest absolute Gasteiger partial charge is 0.328 e. The third-order valence-corrected chi connectivity index (χ3v) is 4.10. The summed E-state index contributed by atoms with van der Waals surface area (Å²) in [5.74, 6) is -0.747. The normalized spacial score (nSPS) is 19.0. The third kappa shape index (κ3) is 4.67. The van der Waals surface area contributed by atoms with E-state index in [1.54, 1.807) is 0 Å². The van der Waals surface area contributed by atoms with E-state index in [2.05, 4.69) is 27.9 Å². The number of esters is 1. The van der Waals surface area contributed by atoms with Gasteiger partial charge >= 0.3 is 5.97 Å². The van der Waals surface area contributed by atoms with E-state index >= 15 is 0 Å². The van der Waals surface area contributed by atoms with Crippen molar-refractivity contribution in [2.75, 3.05) is 20.3 Å². The predicted molar refractivity (Wildman–Crippen MR) is 85.7 cm³/mol. The first-order chi connectivity index (χ1) is 10.1. The molecule has 1 aliphatic heterocycles. The Kier molecular flexibility index (Phi) is 5.98. The Morgan fingerprint density at radius 2 is 2.33 bits per heavy atom. The van der Waals surface area contributed by atoms with Gasteiger partial charge in [-0.3, -0.25) is 4.79 Å². The molecule has 2 atom stereocenters. The topological polar surface area (TPSA) is 64.6 Å². The molecule has 1 aromatic carbocycles. The number of nitrogens with one attached hydrogen (secondary N) is 1. The van der Waals surface area contributed by atoms with E-state index in [4.69, 9.17) is 9.47 Å². The standard InChI is InChI=1S/C15H18INO4/c1-20-15(19)13(8-10-3-2-4-12(16)7-10)17-14(18)11-5-6-21-9-11/h2-4,7,11,13H,5-6,8-9H2,1H3,(H,17,18)/t11-,13+/m0/s1. The monoisotopic (exact) mass is 403 g/mol. The van der Waals surface area contributed by atoms with Gasteiger partial charge in [-0.15, -0.1) is 0 Å². The van der Waals surface area contributed by atoms with Crippen LogP contribution in [0.3, 0.4) is 0 Å². The lowest BCUT2D eigenvalue weighted by molar-refractivity contribution is -0.145. The molecule has 0 saturated carbocycles. The number of rotatable bonds is 5. The van der Waals surface area contributed by atoms with Crippen LogP contribution in [0.4, 0.5) is 0 Å². The Labute approximate surface area is 137 Å². The molecule has 0 bridgehead atoms. The molecule has 1 saturated heterocycles. The molecular formula is C15H18INO4. The number of methoxy groups -OCH3 is 1. The molecule has 1 aromatic rings. The van der Waals surface area contributed by atoms with Gasteiger partial charge in [0.1, 0.15) is 6.04 Å². The van der Waals surface area contributed by atoms with Crippen LogP contribution in [0, 0.1) is 9.49 Å². The first-order valence-corrected chi connectivity index (χ1v) is 7.88. The van der Waals surface area contributed by atoms with Gasteiger partial charge in [0.05, 0.1) is 19.6 Å². The number of amides is 1. The molecule has 0 aromatic heterocycles. The van der Waals surface area contributed by atoms with E-state index in [1.165, 1.54) is 7.11 Å². The molecule has 1 N–H and O–H groups in total. The van der Waals surface area contributed by atoms with Crippen molar-refractivity contribution >= 4 is 34.5 Å². The molecule has 21 heavy (non-hydrogen) atoms. The van der Waals surface area contributed by atoms with Crippen LogP contribution < -0.4 is 5.32 Å². The van der Waals surface area contributed by atoms with Crippen molar-refractivity contribution in [3.8, 4) is 0 Å². The van der Waals surface area contributed by atoms with Gasteiger partial charge in [-0.05, 0) is 46.7 Å². The molecule has 1 fully saturated rings. The second-order valence-corrected chi connectivity index (χ2v) is 6.22. The number of hydrogen-bond donors (Lipinski definition) is 1. The second kappa shape index (κ2) is 7.74. The van der Waals surface area contributed by atoms with Crippen LogP contribution in [0.25, 0.3) is 0 Å². The maximum absolute atomic E-state index is 12.1. The SMILES string of the molecule is COC(=O)[C@@H](Cc1cccc(I)c1)NC(=O)[C@H]1CCOC1. The third-order valence-electron chi connectivity index (χ3n) is 3.43. The minimum Gasteiger partial charge on any atom is -0.467 e. The van der Waals surface area contributed by atoms with Gasteiger partial charge in [0.25, 0.3) is 0 Å². The van der Waals surface area contributed by atoms with E-state index in [9.17, 15) is 9.59 Å². The average molecular weight is 403 g/mol. The van der Waals surface area contributed by atoms with E-state index < -0.39 is 12.0 Å². The fourth-order valence-electron chi connectivity index (χ4n) is 2.27. The number of carbonyl (C=O) groups excluding carboxylic acids is 2. The van der Waals surface area contributed by atoms with Crippen molar-refractivity contribution in [2.24, 2.45) is 5.92 Å². The number of benzene rings is 1. The second-order valence-electron chi connectivity index (χ2n) is 4.98. The largest absolute Gasteiger partial charge is 0.467 e. The molecule has 1 amide bonds. The van der Waals surface area contributed by atoms with Crippen LogP contribution in [-0.2, 0) is 25.5 Å². The Morgan fingerprint density at radius 3 is 2.95 bits per heavy atom. The Balaban J connectivity index is 2.03. The van der Waals surface area contributed by atoms with Crippen LogP contribution in [0.2, 0.25) is 0 Å². The first-order valence-electron chi connectivity index (χ1n) is 6.80. The van der Waals surface area contributed by atoms with Gasteiger partial charge in [0.15, 0.2) is 0 Å². The number of ether oxygens (including phenoxy) is 2. The van der Waals surface area contributed by atoms with Crippen molar-refractivity contribution in [2.45, 2.75) is 18.9 Å². The highest BCUT2D eigenvalue weighted by Gasteiger charge is 2.28. The number of halogens is 1. The molecule has 0 unspecified atom stereocenters. The summed E-state index contributed by atoms with van der Waals surface area (Å²) in [5, 5.41) is 2.78. The van der Waals surface area contributed by atoms with Crippen LogP contribution in [-0.4, -0.2) is 38.2 Å². The summed E-state index contributed by atoms with van der Waals surface area (Å²) >= 11 is 2.22. The highest BCUT2D eigenvalue weighted by molar-refractivity contribution is 14.1. The maximum atomic E-state index is 12.1. The van der Waals surface area contributed by atoms with Gasteiger partial charge < -0.3 is 14.8 Å². The molecule has 6 heteroatoms. The summed E-state index contributed by atoms with van der Waals surface area (Å²) in [6.45, 7) is 1.01. The molecule has 2 rings (SSSR count). The summed E-state index contributed by atoms with van der Waals surface area (Å²) in [6, 6.07) is 7.16. The first kappa shape index (κ1) is 16.2. The van der Waals surface area contributed by atoms with Gasteiger partial charge in [0, 0.05) is 16.6 Å². The lowest BCUT2D eigenvalue weighted by Crippen LogP contribution is -2.45. The zero-order valence-electron chi connectivity index (χ0n) is 11.8. The zero-order valence-corrected chi connectivity index (χ0v) is 14.0. The van der Waals surface area contributed by atoms with Gasteiger partial charge in [0.2, 0.25) is 5.91 Å². The summed E-state index contributed by atoms with van der Waals surface area (Å²) < 4.78 is 11.1. The summed E-state index contributed by atoms with van der Waals surface area (Å²) in [6.07, 6.45) is 1.12. The van der Waals surface area contributed by atoms with Crippen LogP contribution in [0.1, 0.15) is 12.0 Å². The predicted octanol–water partition coefficient (Wildman–Crippen LogP) is 1.53. The Hall–Kier alpha value is -1.15. The minimum absolute atomic E-state index is 0.145. The van der Waals surface area contributed by atoms with E-state index in [0.29, 0.717) is 26.1 Å². The molecule has 1 heterocycles. The van der Waals surface area contributed by atoms with Crippen LogP contribution >= 0.6 is 22.6 Å². The van der Waals surface area contributed by atoms with Gasteiger partial charge in [-0.1, -0.05) is 12.1 Å². The molecule has 0 spiro atoms. The fourth-order valence-corrected chi connectivity index (χ4v) is 2.87. The minimum atomic E-state index is -0.665. The quantitative estimate of drug-likeness (QED) is 0.599. The summed E-state index contributed by atoms with van der Waals surface area (Å²) in [7, 11) is 1.33. The molecule has 0 aliphatic carbocycles. The van der Waals surface area contributed by atoms with Gasteiger partial charge in [-0.2, -0.15) is 0 Å².